The van der Waals surface area contributed by atoms with Gasteiger partial charge in [-0.3, -0.25) is 0 Å². The van der Waals surface area contributed by atoms with Crippen LogP contribution in [0.25, 0.3) is 0 Å². The lowest BCUT2D eigenvalue weighted by Gasteiger charge is -2.23. The average Bonchev–Trinajstić information content (AvgIpc) is 2.70. The van der Waals surface area contributed by atoms with Crippen molar-refractivity contribution in [3.05, 3.63) is 0 Å². The summed E-state index contributed by atoms with van der Waals surface area (Å²) >= 11 is 0. The smallest absolute Gasteiger partial charge is 0.0575 e. The van der Waals surface area contributed by atoms with Crippen molar-refractivity contribution in [1.29, 1.82) is 0 Å². The van der Waals surface area contributed by atoms with Crippen LogP contribution in [0.1, 0.15) is 156 Å². The molecule has 0 bridgehead atoms. The van der Waals surface area contributed by atoms with E-state index in [2.05, 4.69) is 27.7 Å². The van der Waals surface area contributed by atoms with Gasteiger partial charge in [-0.25, -0.2) is 0 Å². The summed E-state index contributed by atoms with van der Waals surface area (Å²) in [7, 11) is 0. The molecule has 1 heteroatoms. The molecular formula is C27H56O. The predicted octanol–water partition coefficient (Wildman–Crippen LogP) is 9.87. The van der Waals surface area contributed by atoms with Gasteiger partial charge in [-0.1, -0.05) is 130 Å². The molecule has 0 spiro atoms. The zero-order valence-electron chi connectivity index (χ0n) is 20.4. The van der Waals surface area contributed by atoms with Crippen LogP contribution < -0.4 is 0 Å². The summed E-state index contributed by atoms with van der Waals surface area (Å²) in [6, 6.07) is 0. The van der Waals surface area contributed by atoms with Crippen LogP contribution in [0.2, 0.25) is 0 Å². The Kier molecular flexibility index (Phi) is 23.2. The van der Waals surface area contributed by atoms with Gasteiger partial charge in [0.1, 0.15) is 0 Å². The van der Waals surface area contributed by atoms with Gasteiger partial charge in [-0.15, -0.1) is 0 Å². The van der Waals surface area contributed by atoms with Gasteiger partial charge in [-0.2, -0.15) is 0 Å². The van der Waals surface area contributed by atoms with Crippen molar-refractivity contribution < 1.29 is 4.74 Å². The molecule has 28 heavy (non-hydrogen) atoms. The molecule has 0 aliphatic rings. The van der Waals surface area contributed by atoms with Crippen LogP contribution in [0.15, 0.2) is 0 Å². The molecule has 0 saturated carbocycles. The Balaban J connectivity index is 4.28. The highest BCUT2D eigenvalue weighted by Crippen LogP contribution is 2.22. The molecule has 1 unspecified atom stereocenters. The van der Waals surface area contributed by atoms with Crippen molar-refractivity contribution in [1.82, 2.24) is 0 Å². The third kappa shape index (κ3) is 19.3. The first kappa shape index (κ1) is 28.0. The quantitative estimate of drug-likeness (QED) is 0.156. The van der Waals surface area contributed by atoms with E-state index >= 15 is 0 Å². The van der Waals surface area contributed by atoms with Gasteiger partial charge in [0.25, 0.3) is 0 Å². The van der Waals surface area contributed by atoms with E-state index in [9.17, 15) is 0 Å². The first-order valence-corrected chi connectivity index (χ1v) is 13.4. The third-order valence-corrected chi connectivity index (χ3v) is 6.26. The number of ether oxygens (including phenoxy) is 1. The van der Waals surface area contributed by atoms with Gasteiger partial charge in [0.15, 0.2) is 0 Å². The van der Waals surface area contributed by atoms with Gasteiger partial charge in [0, 0.05) is 6.61 Å². The second kappa shape index (κ2) is 23.2. The second-order valence-corrected chi connectivity index (χ2v) is 9.22. The van der Waals surface area contributed by atoms with E-state index in [-0.39, 0.29) is 0 Å². The number of hydrogen-bond acceptors (Lipinski definition) is 1. The molecule has 0 aromatic heterocycles. The van der Waals surface area contributed by atoms with Crippen molar-refractivity contribution in [2.45, 2.75) is 162 Å². The van der Waals surface area contributed by atoms with Gasteiger partial charge in [0.2, 0.25) is 0 Å². The molecule has 0 aliphatic carbocycles. The summed E-state index contributed by atoms with van der Waals surface area (Å²) in [4.78, 5) is 0. The van der Waals surface area contributed by atoms with Crippen LogP contribution in [0, 0.1) is 5.92 Å². The molecule has 0 heterocycles. The molecule has 0 rings (SSSR count). The van der Waals surface area contributed by atoms with Crippen LogP contribution in [0.5, 0.6) is 0 Å². The summed E-state index contributed by atoms with van der Waals surface area (Å²) < 4.78 is 6.55. The minimum absolute atomic E-state index is 0.529. The lowest BCUT2D eigenvalue weighted by atomic mass is 9.94. The molecule has 0 fully saturated rings. The van der Waals surface area contributed by atoms with Crippen molar-refractivity contribution in [3.8, 4) is 0 Å². The van der Waals surface area contributed by atoms with Crippen molar-refractivity contribution in [3.63, 3.8) is 0 Å². The summed E-state index contributed by atoms with van der Waals surface area (Å²) in [6.45, 7) is 10.3. The van der Waals surface area contributed by atoms with E-state index in [0.29, 0.717) is 6.10 Å². The maximum Gasteiger partial charge on any atom is 0.0575 e. The van der Waals surface area contributed by atoms with Gasteiger partial charge < -0.3 is 4.74 Å². The van der Waals surface area contributed by atoms with Crippen LogP contribution in [-0.4, -0.2) is 12.7 Å². The molecule has 0 N–H and O–H groups in total. The lowest BCUT2D eigenvalue weighted by molar-refractivity contribution is 0.0119. The Hall–Kier alpha value is -0.0400. The summed E-state index contributed by atoms with van der Waals surface area (Å²) in [5.41, 5.74) is 0. The highest BCUT2D eigenvalue weighted by atomic mass is 16.5. The largest absolute Gasteiger partial charge is 0.378 e. The predicted molar refractivity (Wildman–Crippen MR) is 128 cm³/mol. The Morgan fingerprint density at radius 3 is 1.29 bits per heavy atom. The van der Waals surface area contributed by atoms with Crippen LogP contribution in [-0.2, 0) is 4.74 Å². The summed E-state index contributed by atoms with van der Waals surface area (Å²) in [5, 5.41) is 0. The zero-order chi connectivity index (χ0) is 20.7. The first-order chi connectivity index (χ1) is 13.8. The van der Waals surface area contributed by atoms with Crippen LogP contribution in [0.3, 0.4) is 0 Å². The second-order valence-electron chi connectivity index (χ2n) is 9.22. The Morgan fingerprint density at radius 2 is 0.786 bits per heavy atom. The van der Waals surface area contributed by atoms with E-state index in [1.165, 1.54) is 128 Å². The summed E-state index contributed by atoms with van der Waals surface area (Å²) in [5.74, 6) is 0.808. The van der Waals surface area contributed by atoms with Gasteiger partial charge in [-0.05, 0) is 31.6 Å². The molecule has 0 amide bonds. The molecular weight excluding hydrogens is 340 g/mol. The standard InChI is InChI=1S/C27H56O/c1-5-9-13-15-16-20-22-26(21-19-14-10-6-2)25-28-27(23-17-11-7-3)24-18-12-8-4/h26-27H,5-25H2,1-4H3. The molecule has 170 valence electrons. The molecule has 0 radical (unpaired) electrons. The SMILES string of the molecule is CCCCCCCCC(CCCCCC)COC(CCCCC)CCCCC. The fraction of sp³-hybridized carbons (Fsp3) is 1.00. The Morgan fingerprint density at radius 1 is 0.429 bits per heavy atom. The maximum absolute atomic E-state index is 6.55. The van der Waals surface area contributed by atoms with Gasteiger partial charge in [0.05, 0.1) is 6.10 Å². The van der Waals surface area contributed by atoms with E-state index in [4.69, 9.17) is 4.74 Å². The van der Waals surface area contributed by atoms with Crippen molar-refractivity contribution in [2.24, 2.45) is 5.92 Å². The van der Waals surface area contributed by atoms with Crippen LogP contribution in [0.4, 0.5) is 0 Å². The highest BCUT2D eigenvalue weighted by molar-refractivity contribution is 4.64. The van der Waals surface area contributed by atoms with E-state index < -0.39 is 0 Å². The zero-order valence-corrected chi connectivity index (χ0v) is 20.4. The molecule has 1 atom stereocenters. The molecule has 0 aliphatic heterocycles. The maximum atomic E-state index is 6.55. The van der Waals surface area contributed by atoms with E-state index in [1.54, 1.807) is 0 Å². The minimum atomic E-state index is 0.529. The van der Waals surface area contributed by atoms with E-state index in [0.717, 1.165) is 12.5 Å². The average molecular weight is 397 g/mol. The normalized spacial score (nSPS) is 12.8. The summed E-state index contributed by atoms with van der Waals surface area (Å²) in [6.07, 6.45) is 28.0. The van der Waals surface area contributed by atoms with E-state index in [1.807, 2.05) is 0 Å². The minimum Gasteiger partial charge on any atom is -0.378 e. The Bertz CT molecular complexity index is 265. The molecule has 1 nitrogen and oxygen atoms in total. The Labute approximate surface area is 179 Å². The topological polar surface area (TPSA) is 9.23 Å². The highest BCUT2D eigenvalue weighted by Gasteiger charge is 2.14. The van der Waals surface area contributed by atoms with Crippen molar-refractivity contribution >= 4 is 0 Å². The monoisotopic (exact) mass is 396 g/mol. The van der Waals surface area contributed by atoms with Crippen molar-refractivity contribution in [2.75, 3.05) is 6.61 Å². The number of rotatable bonds is 23. The molecule has 0 saturated heterocycles. The fourth-order valence-electron chi connectivity index (χ4n) is 4.21. The molecule has 0 aromatic rings. The third-order valence-electron chi connectivity index (χ3n) is 6.26. The first-order valence-electron chi connectivity index (χ1n) is 13.4. The number of hydrogen-bond donors (Lipinski definition) is 0. The molecule has 0 aromatic carbocycles. The van der Waals surface area contributed by atoms with Gasteiger partial charge >= 0.3 is 0 Å². The fourth-order valence-corrected chi connectivity index (χ4v) is 4.21. The number of unbranched alkanes of at least 4 members (excludes halogenated alkanes) is 12. The lowest BCUT2D eigenvalue weighted by Crippen LogP contribution is -2.19. The van der Waals surface area contributed by atoms with Crippen LogP contribution >= 0.6 is 0 Å².